The first-order valence-corrected chi connectivity index (χ1v) is 10.2. The fourth-order valence-electron chi connectivity index (χ4n) is 3.62. The third-order valence-electron chi connectivity index (χ3n) is 4.97. The summed E-state index contributed by atoms with van der Waals surface area (Å²) in [6, 6.07) is 1.74. The number of esters is 1. The molecule has 0 radical (unpaired) electrons. The van der Waals surface area contributed by atoms with Gasteiger partial charge in [0.2, 0.25) is 0 Å². The Balaban J connectivity index is 0.000000241. The fraction of sp³-hybridized carbons (Fsp3) is 0.950. The molecular formula is C20H39NO2. The molecule has 0 atom stereocenters. The Bertz CT molecular complexity index is 265. The molecule has 23 heavy (non-hydrogen) atoms. The Morgan fingerprint density at radius 2 is 1.39 bits per heavy atom. The Hall–Kier alpha value is -0.570. The van der Waals surface area contributed by atoms with Crippen molar-refractivity contribution in [3.05, 3.63) is 0 Å². The summed E-state index contributed by atoms with van der Waals surface area (Å²) in [6.45, 7) is 4.45. The highest BCUT2D eigenvalue weighted by Crippen LogP contribution is 2.22. The van der Waals surface area contributed by atoms with Crippen LogP contribution in [0.25, 0.3) is 0 Å². The Morgan fingerprint density at radius 3 is 1.83 bits per heavy atom. The van der Waals surface area contributed by atoms with Crippen molar-refractivity contribution in [3.63, 3.8) is 0 Å². The van der Waals surface area contributed by atoms with Crippen LogP contribution in [0.5, 0.6) is 0 Å². The van der Waals surface area contributed by atoms with Gasteiger partial charge >= 0.3 is 5.97 Å². The highest BCUT2D eigenvalue weighted by atomic mass is 16.5. The van der Waals surface area contributed by atoms with E-state index in [1.54, 1.807) is 0 Å². The lowest BCUT2D eigenvalue weighted by atomic mass is 9.91. The van der Waals surface area contributed by atoms with Crippen LogP contribution in [0, 0.1) is 0 Å². The average molecular weight is 326 g/mol. The quantitative estimate of drug-likeness (QED) is 0.505. The molecular weight excluding hydrogens is 286 g/mol. The zero-order valence-corrected chi connectivity index (χ0v) is 15.6. The van der Waals surface area contributed by atoms with Crippen LogP contribution in [0.15, 0.2) is 0 Å². The van der Waals surface area contributed by atoms with Gasteiger partial charge in [-0.2, -0.15) is 0 Å². The molecule has 0 amide bonds. The molecule has 3 heteroatoms. The fourth-order valence-corrected chi connectivity index (χ4v) is 3.62. The van der Waals surface area contributed by atoms with Gasteiger partial charge in [0.25, 0.3) is 0 Å². The number of rotatable bonds is 7. The number of carbonyl (C=O) groups excluding carboxylic acids is 1. The van der Waals surface area contributed by atoms with Crippen LogP contribution in [-0.2, 0) is 9.53 Å². The minimum atomic E-state index is -0.0593. The standard InChI is InChI=1S/C12H23N.C8H16O2/c1-3-7-11(8-4-1)13-12-9-5-2-6-10-12;1-3-5-6-7-8(9)10-4-2/h11-13H,1-10H2;3-7H2,1-2H3. The number of carbonyl (C=O) groups is 1. The number of hydrogen-bond donors (Lipinski definition) is 1. The van der Waals surface area contributed by atoms with Crippen molar-refractivity contribution in [3.8, 4) is 0 Å². The third kappa shape index (κ3) is 10.8. The van der Waals surface area contributed by atoms with E-state index in [0.29, 0.717) is 13.0 Å². The van der Waals surface area contributed by atoms with Gasteiger partial charge in [-0.15, -0.1) is 0 Å². The summed E-state index contributed by atoms with van der Waals surface area (Å²) in [5.74, 6) is -0.0593. The van der Waals surface area contributed by atoms with Crippen LogP contribution in [0.3, 0.4) is 0 Å². The van der Waals surface area contributed by atoms with Gasteiger partial charge in [0.05, 0.1) is 6.61 Å². The molecule has 2 rings (SSSR count). The molecule has 136 valence electrons. The molecule has 2 saturated carbocycles. The monoisotopic (exact) mass is 325 g/mol. The molecule has 0 aromatic carbocycles. The summed E-state index contributed by atoms with van der Waals surface area (Å²) >= 11 is 0. The molecule has 3 nitrogen and oxygen atoms in total. The molecule has 1 N–H and O–H groups in total. The molecule has 0 bridgehead atoms. The summed E-state index contributed by atoms with van der Waals surface area (Å²) in [5.41, 5.74) is 0. The van der Waals surface area contributed by atoms with Crippen LogP contribution in [0.1, 0.15) is 104 Å². The predicted molar refractivity (Wildman–Crippen MR) is 97.7 cm³/mol. The van der Waals surface area contributed by atoms with Crippen LogP contribution >= 0.6 is 0 Å². The van der Waals surface area contributed by atoms with Gasteiger partial charge in [-0.25, -0.2) is 0 Å². The van der Waals surface area contributed by atoms with E-state index in [4.69, 9.17) is 4.74 Å². The first-order valence-electron chi connectivity index (χ1n) is 10.2. The second-order valence-corrected chi connectivity index (χ2v) is 7.10. The Morgan fingerprint density at radius 1 is 0.870 bits per heavy atom. The average Bonchev–Trinajstić information content (AvgIpc) is 2.58. The number of nitrogens with one attached hydrogen (secondary N) is 1. The largest absolute Gasteiger partial charge is 0.466 e. The Labute approximate surface area is 143 Å². The van der Waals surface area contributed by atoms with E-state index in [-0.39, 0.29) is 5.97 Å². The second kappa shape index (κ2) is 13.8. The van der Waals surface area contributed by atoms with Gasteiger partial charge in [-0.05, 0) is 39.0 Å². The molecule has 2 aliphatic carbocycles. The SMILES string of the molecule is C1CCC(NC2CCCCC2)CC1.CCCCCC(=O)OCC. The van der Waals surface area contributed by atoms with Crippen LogP contribution in [0.2, 0.25) is 0 Å². The molecule has 2 fully saturated rings. The van der Waals surface area contributed by atoms with E-state index in [9.17, 15) is 4.79 Å². The van der Waals surface area contributed by atoms with Crippen LogP contribution < -0.4 is 5.32 Å². The van der Waals surface area contributed by atoms with Crippen molar-refractivity contribution in [2.24, 2.45) is 0 Å². The van der Waals surface area contributed by atoms with Crippen molar-refractivity contribution in [2.75, 3.05) is 6.61 Å². The van der Waals surface area contributed by atoms with E-state index in [1.807, 2.05) is 6.92 Å². The Kier molecular flexibility index (Phi) is 12.3. The molecule has 0 spiro atoms. The van der Waals surface area contributed by atoms with Gasteiger partial charge in [-0.1, -0.05) is 58.3 Å². The summed E-state index contributed by atoms with van der Waals surface area (Å²) in [4.78, 5) is 10.7. The normalized spacial score (nSPS) is 19.7. The second-order valence-electron chi connectivity index (χ2n) is 7.10. The van der Waals surface area contributed by atoms with Crippen LogP contribution in [-0.4, -0.2) is 24.7 Å². The number of unbranched alkanes of at least 4 members (excludes halogenated alkanes) is 2. The molecule has 0 aliphatic heterocycles. The van der Waals surface area contributed by atoms with Crippen LogP contribution in [0.4, 0.5) is 0 Å². The van der Waals surface area contributed by atoms with Gasteiger partial charge in [0, 0.05) is 18.5 Å². The zero-order chi connectivity index (χ0) is 16.8. The maximum atomic E-state index is 10.7. The highest BCUT2D eigenvalue weighted by Gasteiger charge is 2.19. The van der Waals surface area contributed by atoms with Crippen molar-refractivity contribution in [2.45, 2.75) is 116 Å². The molecule has 0 unspecified atom stereocenters. The molecule has 0 aromatic rings. The van der Waals surface area contributed by atoms with Gasteiger partial charge < -0.3 is 10.1 Å². The summed E-state index contributed by atoms with van der Waals surface area (Å²) < 4.78 is 4.75. The minimum Gasteiger partial charge on any atom is -0.466 e. The summed E-state index contributed by atoms with van der Waals surface area (Å²) in [7, 11) is 0. The lowest BCUT2D eigenvalue weighted by molar-refractivity contribution is -0.143. The zero-order valence-electron chi connectivity index (χ0n) is 15.6. The molecule has 2 aliphatic rings. The van der Waals surface area contributed by atoms with Crippen molar-refractivity contribution < 1.29 is 9.53 Å². The van der Waals surface area contributed by atoms with E-state index >= 15 is 0 Å². The van der Waals surface area contributed by atoms with Gasteiger partial charge in [0.1, 0.15) is 0 Å². The molecule has 0 aromatic heterocycles. The van der Waals surface area contributed by atoms with Crippen molar-refractivity contribution in [1.29, 1.82) is 0 Å². The third-order valence-corrected chi connectivity index (χ3v) is 4.97. The first-order chi connectivity index (χ1) is 11.3. The maximum absolute atomic E-state index is 10.7. The summed E-state index contributed by atoms with van der Waals surface area (Å²) in [5, 5.41) is 3.86. The first kappa shape index (κ1) is 20.5. The number of hydrogen-bond acceptors (Lipinski definition) is 3. The predicted octanol–water partition coefficient (Wildman–Crippen LogP) is 5.37. The van der Waals surface area contributed by atoms with Crippen molar-refractivity contribution >= 4 is 5.97 Å². The lowest BCUT2D eigenvalue weighted by Crippen LogP contribution is -2.40. The van der Waals surface area contributed by atoms with E-state index < -0.39 is 0 Å². The van der Waals surface area contributed by atoms with E-state index in [0.717, 1.165) is 31.3 Å². The maximum Gasteiger partial charge on any atom is 0.305 e. The topological polar surface area (TPSA) is 38.3 Å². The molecule has 0 saturated heterocycles. The smallest absolute Gasteiger partial charge is 0.305 e. The lowest BCUT2D eigenvalue weighted by Gasteiger charge is -2.30. The minimum absolute atomic E-state index is 0.0593. The van der Waals surface area contributed by atoms with Gasteiger partial charge in [-0.3, -0.25) is 4.79 Å². The highest BCUT2D eigenvalue weighted by molar-refractivity contribution is 5.69. The summed E-state index contributed by atoms with van der Waals surface area (Å²) in [6.07, 6.45) is 18.4. The van der Waals surface area contributed by atoms with E-state index in [1.165, 1.54) is 64.2 Å². The number of ether oxygens (including phenoxy) is 1. The molecule has 0 heterocycles. The van der Waals surface area contributed by atoms with Gasteiger partial charge in [0.15, 0.2) is 0 Å². The van der Waals surface area contributed by atoms with E-state index in [2.05, 4.69) is 12.2 Å². The van der Waals surface area contributed by atoms with Crippen molar-refractivity contribution in [1.82, 2.24) is 5.32 Å².